The van der Waals surface area contributed by atoms with Crippen LogP contribution in [0.25, 0.3) is 0 Å². The van der Waals surface area contributed by atoms with Gasteiger partial charge in [0.1, 0.15) is 24.1 Å². The standard InChI is InChI=1S/C28H31N5O6/c1-19(2)17-24(29-28(37)38-18-20-9-5-3-6-10-20)26(35)31-33-27(36)32-30-25(34)21-13-15-23(16-14-21)39-22-11-7-4-8-12-22/h3-16,19,24H,17-18H2,1-2H3,(H,29,37)(H,30,34)(H,31,35)(H2,32,33,36)/t24-/m0/s1. The Morgan fingerprint density at radius 1 is 0.718 bits per heavy atom. The molecular formula is C28H31N5O6. The van der Waals surface area contributed by atoms with E-state index >= 15 is 0 Å². The smallest absolute Gasteiger partial charge is 0.408 e. The largest absolute Gasteiger partial charge is 0.457 e. The first-order chi connectivity index (χ1) is 18.8. The molecule has 0 saturated heterocycles. The van der Waals surface area contributed by atoms with Gasteiger partial charge < -0.3 is 14.8 Å². The molecule has 11 nitrogen and oxygen atoms in total. The van der Waals surface area contributed by atoms with Gasteiger partial charge in [0.25, 0.3) is 11.8 Å². The number of amides is 5. The Hall–Kier alpha value is -5.06. The van der Waals surface area contributed by atoms with E-state index in [1.165, 1.54) is 12.1 Å². The van der Waals surface area contributed by atoms with Gasteiger partial charge in [-0.1, -0.05) is 62.4 Å². The van der Waals surface area contributed by atoms with E-state index in [4.69, 9.17) is 9.47 Å². The number of carbonyl (C=O) groups excluding carboxylic acids is 4. The minimum absolute atomic E-state index is 0.0474. The second-order valence-corrected chi connectivity index (χ2v) is 8.85. The number of alkyl carbamates (subject to hydrolysis) is 1. The van der Waals surface area contributed by atoms with E-state index in [1.54, 1.807) is 24.3 Å². The highest BCUT2D eigenvalue weighted by Crippen LogP contribution is 2.21. The topological polar surface area (TPSA) is 147 Å². The van der Waals surface area contributed by atoms with Crippen molar-refractivity contribution < 1.29 is 28.7 Å². The van der Waals surface area contributed by atoms with E-state index in [2.05, 4.69) is 27.0 Å². The molecule has 0 spiro atoms. The summed E-state index contributed by atoms with van der Waals surface area (Å²) in [6.45, 7) is 3.81. The highest BCUT2D eigenvalue weighted by Gasteiger charge is 2.23. The number of rotatable bonds is 9. The Balaban J connectivity index is 1.41. The predicted molar refractivity (Wildman–Crippen MR) is 143 cm³/mol. The highest BCUT2D eigenvalue weighted by atomic mass is 16.5. The maximum absolute atomic E-state index is 12.6. The van der Waals surface area contributed by atoms with Gasteiger partial charge in [-0.25, -0.2) is 20.4 Å². The van der Waals surface area contributed by atoms with E-state index in [-0.39, 0.29) is 18.1 Å². The molecule has 3 rings (SSSR count). The number of ether oxygens (including phenoxy) is 2. The molecule has 0 fully saturated rings. The quantitative estimate of drug-likeness (QED) is 0.265. The van der Waals surface area contributed by atoms with Crippen LogP contribution in [0.2, 0.25) is 0 Å². The third kappa shape index (κ3) is 10.1. The number of hydrazine groups is 2. The lowest BCUT2D eigenvalue weighted by atomic mass is 10.0. The molecule has 0 bridgehead atoms. The van der Waals surface area contributed by atoms with Gasteiger partial charge in [-0.05, 0) is 54.3 Å². The molecule has 0 aliphatic carbocycles. The fourth-order valence-electron chi connectivity index (χ4n) is 3.33. The van der Waals surface area contributed by atoms with Crippen LogP contribution in [0, 0.1) is 5.92 Å². The average Bonchev–Trinajstić information content (AvgIpc) is 2.94. The van der Waals surface area contributed by atoms with Crippen LogP contribution < -0.4 is 31.8 Å². The Bertz CT molecular complexity index is 1240. The van der Waals surface area contributed by atoms with E-state index in [9.17, 15) is 19.2 Å². The Kier molecular flexibility index (Phi) is 10.7. The molecule has 5 amide bonds. The van der Waals surface area contributed by atoms with Gasteiger partial charge in [-0.3, -0.25) is 20.4 Å². The van der Waals surface area contributed by atoms with Crippen molar-refractivity contribution in [2.75, 3.05) is 0 Å². The lowest BCUT2D eigenvalue weighted by molar-refractivity contribution is -0.124. The normalized spacial score (nSPS) is 11.1. The summed E-state index contributed by atoms with van der Waals surface area (Å²) in [6.07, 6.45) is -0.465. The summed E-state index contributed by atoms with van der Waals surface area (Å²) in [4.78, 5) is 49.2. The molecule has 0 unspecified atom stereocenters. The first-order valence-corrected chi connectivity index (χ1v) is 12.3. The lowest BCUT2D eigenvalue weighted by Gasteiger charge is -2.20. The van der Waals surface area contributed by atoms with Gasteiger partial charge in [0, 0.05) is 5.56 Å². The molecule has 204 valence electrons. The number of urea groups is 1. The summed E-state index contributed by atoms with van der Waals surface area (Å²) in [5.41, 5.74) is 9.81. The fraction of sp³-hybridized carbons (Fsp3) is 0.214. The third-order valence-electron chi connectivity index (χ3n) is 5.21. The van der Waals surface area contributed by atoms with Gasteiger partial charge in [-0.2, -0.15) is 0 Å². The van der Waals surface area contributed by atoms with E-state index in [0.29, 0.717) is 17.9 Å². The van der Waals surface area contributed by atoms with Gasteiger partial charge in [0.15, 0.2) is 0 Å². The molecular weight excluding hydrogens is 502 g/mol. The second-order valence-electron chi connectivity index (χ2n) is 8.85. The molecule has 3 aromatic carbocycles. The van der Waals surface area contributed by atoms with Crippen LogP contribution >= 0.6 is 0 Å². The molecule has 39 heavy (non-hydrogen) atoms. The molecule has 11 heteroatoms. The Labute approximate surface area is 226 Å². The number of para-hydroxylation sites is 1. The third-order valence-corrected chi connectivity index (χ3v) is 5.21. The van der Waals surface area contributed by atoms with Crippen molar-refractivity contribution in [1.82, 2.24) is 27.0 Å². The minimum Gasteiger partial charge on any atom is -0.457 e. The maximum Gasteiger partial charge on any atom is 0.408 e. The molecule has 0 heterocycles. The van der Waals surface area contributed by atoms with Crippen molar-refractivity contribution in [3.05, 3.63) is 96.1 Å². The zero-order valence-electron chi connectivity index (χ0n) is 21.6. The van der Waals surface area contributed by atoms with Crippen molar-refractivity contribution in [3.63, 3.8) is 0 Å². The van der Waals surface area contributed by atoms with E-state index in [1.807, 2.05) is 62.4 Å². The van der Waals surface area contributed by atoms with Crippen LogP contribution in [0.5, 0.6) is 11.5 Å². The summed E-state index contributed by atoms with van der Waals surface area (Å²) in [6, 6.07) is 22.7. The van der Waals surface area contributed by atoms with Gasteiger partial charge in [0.2, 0.25) is 0 Å². The first kappa shape index (κ1) is 28.5. The lowest BCUT2D eigenvalue weighted by Crippen LogP contribution is -2.56. The van der Waals surface area contributed by atoms with Crippen molar-refractivity contribution in [1.29, 1.82) is 0 Å². The summed E-state index contributed by atoms with van der Waals surface area (Å²) >= 11 is 0. The van der Waals surface area contributed by atoms with Crippen LogP contribution in [0.15, 0.2) is 84.9 Å². The number of hydrogen-bond acceptors (Lipinski definition) is 6. The Morgan fingerprint density at radius 2 is 1.31 bits per heavy atom. The van der Waals surface area contributed by atoms with Crippen LogP contribution in [-0.4, -0.2) is 30.0 Å². The average molecular weight is 534 g/mol. The fourth-order valence-corrected chi connectivity index (χ4v) is 3.33. The van der Waals surface area contributed by atoms with Crippen LogP contribution in [0.4, 0.5) is 9.59 Å². The van der Waals surface area contributed by atoms with E-state index < -0.39 is 30.0 Å². The number of nitrogens with one attached hydrogen (secondary N) is 5. The SMILES string of the molecule is CC(C)C[C@H](NC(=O)OCc1ccccc1)C(=O)NNC(=O)NNC(=O)c1ccc(Oc2ccccc2)cc1. The monoisotopic (exact) mass is 533 g/mol. The molecule has 0 aliphatic rings. The van der Waals surface area contributed by atoms with Crippen molar-refractivity contribution in [2.24, 2.45) is 5.92 Å². The summed E-state index contributed by atoms with van der Waals surface area (Å²) < 4.78 is 10.9. The van der Waals surface area contributed by atoms with Crippen LogP contribution in [0.3, 0.4) is 0 Å². The number of carbonyl (C=O) groups is 4. The van der Waals surface area contributed by atoms with Crippen molar-refractivity contribution >= 4 is 23.9 Å². The molecule has 0 aromatic heterocycles. The molecule has 0 aliphatic heterocycles. The molecule has 0 radical (unpaired) electrons. The molecule has 3 aromatic rings. The predicted octanol–water partition coefficient (Wildman–Crippen LogP) is 3.80. The first-order valence-electron chi connectivity index (χ1n) is 12.3. The molecule has 0 saturated carbocycles. The van der Waals surface area contributed by atoms with E-state index in [0.717, 1.165) is 5.56 Å². The molecule has 5 N–H and O–H groups in total. The summed E-state index contributed by atoms with van der Waals surface area (Å²) in [7, 11) is 0. The van der Waals surface area contributed by atoms with Crippen LogP contribution in [0.1, 0.15) is 36.2 Å². The molecule has 1 atom stereocenters. The minimum atomic E-state index is -0.959. The van der Waals surface area contributed by atoms with Crippen molar-refractivity contribution in [3.8, 4) is 11.5 Å². The van der Waals surface area contributed by atoms with Crippen LogP contribution in [-0.2, 0) is 16.1 Å². The zero-order valence-corrected chi connectivity index (χ0v) is 21.6. The summed E-state index contributed by atoms with van der Waals surface area (Å²) in [5.74, 6) is 0.0246. The van der Waals surface area contributed by atoms with Gasteiger partial charge in [0.05, 0.1) is 0 Å². The zero-order chi connectivity index (χ0) is 28.0. The number of benzene rings is 3. The maximum atomic E-state index is 12.6. The van der Waals surface area contributed by atoms with Gasteiger partial charge in [-0.15, -0.1) is 0 Å². The Morgan fingerprint density at radius 3 is 1.95 bits per heavy atom. The second kappa shape index (κ2) is 14.6. The van der Waals surface area contributed by atoms with Gasteiger partial charge >= 0.3 is 12.1 Å². The number of hydrogen-bond donors (Lipinski definition) is 5. The van der Waals surface area contributed by atoms with Crippen molar-refractivity contribution in [2.45, 2.75) is 32.9 Å². The highest BCUT2D eigenvalue weighted by molar-refractivity contribution is 5.95. The summed E-state index contributed by atoms with van der Waals surface area (Å²) in [5, 5.41) is 2.51.